The van der Waals surface area contributed by atoms with Crippen molar-refractivity contribution in [1.82, 2.24) is 4.90 Å². The SMILES string of the molecule is CCN(CC)C(=O)O[C@@]12C(=O)O[C@@H]3[C@@H](Sc4ccccc4)[C@@H](O[C@@H]31)C2(F)F. The van der Waals surface area contributed by atoms with Gasteiger partial charge in [-0.25, -0.2) is 9.59 Å². The summed E-state index contributed by atoms with van der Waals surface area (Å²) in [6.07, 6.45) is -4.75. The zero-order valence-corrected chi connectivity index (χ0v) is 15.6. The quantitative estimate of drug-likeness (QED) is 0.710. The number of carbonyl (C=O) groups is 2. The zero-order valence-electron chi connectivity index (χ0n) is 14.8. The number of alkyl halides is 2. The van der Waals surface area contributed by atoms with E-state index in [0.717, 1.165) is 4.90 Å². The van der Waals surface area contributed by atoms with Crippen LogP contribution in [0.2, 0.25) is 0 Å². The molecule has 9 heteroatoms. The van der Waals surface area contributed by atoms with Gasteiger partial charge in [0, 0.05) is 18.0 Å². The third kappa shape index (κ3) is 2.40. The summed E-state index contributed by atoms with van der Waals surface area (Å²) >= 11 is 1.18. The van der Waals surface area contributed by atoms with E-state index in [1.165, 1.54) is 16.7 Å². The second-order valence-corrected chi connectivity index (χ2v) is 7.89. The monoisotopic (exact) mass is 399 g/mol. The number of hydrogen-bond acceptors (Lipinski definition) is 6. The average Bonchev–Trinajstić information content (AvgIpc) is 3.19. The normalized spacial score (nSPS) is 35.2. The lowest BCUT2D eigenvalue weighted by Crippen LogP contribution is -2.64. The van der Waals surface area contributed by atoms with Gasteiger partial charge in [0.25, 0.3) is 0 Å². The maximum atomic E-state index is 15.3. The Balaban J connectivity index is 1.64. The van der Waals surface area contributed by atoms with Gasteiger partial charge in [0.15, 0.2) is 6.10 Å². The Morgan fingerprint density at radius 2 is 1.89 bits per heavy atom. The molecule has 1 aromatic carbocycles. The van der Waals surface area contributed by atoms with Gasteiger partial charge in [0.1, 0.15) is 12.2 Å². The molecule has 1 aromatic rings. The first kappa shape index (κ1) is 18.5. The second-order valence-electron chi connectivity index (χ2n) is 6.64. The van der Waals surface area contributed by atoms with Crippen LogP contribution in [-0.2, 0) is 19.0 Å². The summed E-state index contributed by atoms with van der Waals surface area (Å²) in [5, 5.41) is -0.779. The molecule has 3 aliphatic heterocycles. The predicted molar refractivity (Wildman–Crippen MR) is 91.7 cm³/mol. The molecule has 3 heterocycles. The summed E-state index contributed by atoms with van der Waals surface area (Å²) in [4.78, 5) is 26.8. The molecule has 6 nitrogen and oxygen atoms in total. The number of carbonyl (C=O) groups excluding carboxylic acids is 2. The molecule has 1 amide bonds. The highest BCUT2D eigenvalue weighted by atomic mass is 32.2. The molecule has 3 fully saturated rings. The summed E-state index contributed by atoms with van der Waals surface area (Å²) < 4.78 is 46.4. The van der Waals surface area contributed by atoms with Crippen molar-refractivity contribution in [3.8, 4) is 0 Å². The van der Waals surface area contributed by atoms with Crippen LogP contribution in [0.3, 0.4) is 0 Å². The third-order valence-electron chi connectivity index (χ3n) is 5.30. The highest BCUT2D eigenvalue weighted by Crippen LogP contribution is 2.62. The number of hydrogen-bond donors (Lipinski definition) is 0. The van der Waals surface area contributed by atoms with E-state index in [4.69, 9.17) is 14.2 Å². The molecular formula is C18H19F2NO5S. The molecule has 146 valence electrons. The van der Waals surface area contributed by atoms with Gasteiger partial charge in [-0.15, -0.1) is 11.8 Å². The maximum absolute atomic E-state index is 15.3. The Labute approximate surface area is 159 Å². The van der Waals surface area contributed by atoms with Crippen LogP contribution in [0.25, 0.3) is 0 Å². The van der Waals surface area contributed by atoms with E-state index in [1.807, 2.05) is 6.07 Å². The third-order valence-corrected chi connectivity index (χ3v) is 6.63. The predicted octanol–water partition coefficient (Wildman–Crippen LogP) is 2.71. The van der Waals surface area contributed by atoms with E-state index >= 15 is 8.78 Å². The van der Waals surface area contributed by atoms with E-state index in [0.29, 0.717) is 0 Å². The molecule has 0 spiro atoms. The lowest BCUT2D eigenvalue weighted by Gasteiger charge is -2.36. The minimum atomic E-state index is -3.68. The molecule has 0 aromatic heterocycles. The minimum Gasteiger partial charge on any atom is -0.455 e. The molecule has 4 rings (SSSR count). The molecule has 0 radical (unpaired) electrons. The van der Waals surface area contributed by atoms with Crippen LogP contribution in [0.1, 0.15) is 13.8 Å². The number of esters is 1. The fraction of sp³-hybridized carbons (Fsp3) is 0.556. The molecule has 3 saturated heterocycles. The van der Waals surface area contributed by atoms with E-state index < -0.39 is 47.1 Å². The number of ether oxygens (including phenoxy) is 3. The smallest absolute Gasteiger partial charge is 0.411 e. The topological polar surface area (TPSA) is 65.1 Å². The van der Waals surface area contributed by atoms with Crippen molar-refractivity contribution in [3.63, 3.8) is 0 Å². The van der Waals surface area contributed by atoms with Crippen molar-refractivity contribution in [3.05, 3.63) is 30.3 Å². The van der Waals surface area contributed by atoms with Crippen molar-refractivity contribution in [2.75, 3.05) is 13.1 Å². The van der Waals surface area contributed by atoms with Crippen molar-refractivity contribution >= 4 is 23.8 Å². The highest BCUT2D eigenvalue weighted by Gasteiger charge is 2.88. The van der Waals surface area contributed by atoms with Crippen LogP contribution in [-0.4, -0.2) is 65.1 Å². The van der Waals surface area contributed by atoms with Crippen molar-refractivity contribution in [1.29, 1.82) is 0 Å². The summed E-state index contributed by atoms with van der Waals surface area (Å²) in [6, 6.07) is 9.00. The van der Waals surface area contributed by atoms with Crippen LogP contribution >= 0.6 is 11.8 Å². The summed E-state index contributed by atoms with van der Waals surface area (Å²) in [5.74, 6) is -4.92. The Hall–Kier alpha value is -1.87. The summed E-state index contributed by atoms with van der Waals surface area (Å²) in [7, 11) is 0. The second kappa shape index (κ2) is 6.34. The van der Waals surface area contributed by atoms with E-state index in [-0.39, 0.29) is 13.1 Å². The van der Waals surface area contributed by atoms with Crippen LogP contribution < -0.4 is 0 Å². The van der Waals surface area contributed by atoms with Gasteiger partial charge in [-0.05, 0) is 26.0 Å². The van der Waals surface area contributed by atoms with Gasteiger partial charge in [-0.1, -0.05) is 18.2 Å². The van der Waals surface area contributed by atoms with Gasteiger partial charge in [-0.2, -0.15) is 8.78 Å². The number of benzene rings is 1. The maximum Gasteiger partial charge on any atom is 0.411 e. The van der Waals surface area contributed by atoms with E-state index in [2.05, 4.69) is 0 Å². The molecule has 0 saturated carbocycles. The van der Waals surface area contributed by atoms with Crippen LogP contribution in [0, 0.1) is 0 Å². The van der Waals surface area contributed by atoms with Crippen molar-refractivity contribution < 1.29 is 32.6 Å². The Kier molecular flexibility index (Phi) is 4.34. The Bertz CT molecular complexity index is 759. The number of halogens is 2. The zero-order chi connectivity index (χ0) is 19.4. The Morgan fingerprint density at radius 3 is 2.52 bits per heavy atom. The summed E-state index contributed by atoms with van der Waals surface area (Å²) in [6.45, 7) is 3.94. The fourth-order valence-corrected chi connectivity index (χ4v) is 5.23. The first-order valence-corrected chi connectivity index (χ1v) is 9.68. The number of thioether (sulfide) groups is 1. The van der Waals surface area contributed by atoms with Gasteiger partial charge < -0.3 is 19.1 Å². The first-order chi connectivity index (χ1) is 12.9. The fourth-order valence-electron chi connectivity index (χ4n) is 3.91. The van der Waals surface area contributed by atoms with Crippen LogP contribution in [0.4, 0.5) is 13.6 Å². The number of nitrogens with zero attached hydrogens (tertiary/aromatic N) is 1. The summed E-state index contributed by atoms with van der Waals surface area (Å²) in [5.41, 5.74) is -2.71. The van der Waals surface area contributed by atoms with E-state index in [1.54, 1.807) is 38.1 Å². The standard InChI is InChI=1S/C18H19F2NO5S/c1-3-21(4-2)16(23)26-17-13-11(24-15(17)22)12(14(25-13)18(17,19)20)27-10-8-6-5-7-9-10/h5-9,11-14H,3-4H2,1-2H3/t11-,12-,13+,14-,17-/m1/s1. The molecule has 3 aliphatic rings. The molecule has 27 heavy (non-hydrogen) atoms. The van der Waals surface area contributed by atoms with Crippen molar-refractivity contribution in [2.24, 2.45) is 0 Å². The Morgan fingerprint density at radius 1 is 1.22 bits per heavy atom. The molecule has 5 atom stereocenters. The van der Waals surface area contributed by atoms with Crippen molar-refractivity contribution in [2.45, 2.75) is 53.8 Å². The average molecular weight is 399 g/mol. The molecule has 2 bridgehead atoms. The molecule has 0 aliphatic carbocycles. The highest BCUT2D eigenvalue weighted by molar-refractivity contribution is 8.00. The number of fused-ring (bicyclic) bond motifs is 1. The van der Waals surface area contributed by atoms with Gasteiger partial charge in [0.2, 0.25) is 0 Å². The van der Waals surface area contributed by atoms with Gasteiger partial charge in [-0.3, -0.25) is 0 Å². The molecule has 0 unspecified atom stereocenters. The van der Waals surface area contributed by atoms with Gasteiger partial charge >= 0.3 is 23.6 Å². The molecular weight excluding hydrogens is 380 g/mol. The first-order valence-electron chi connectivity index (χ1n) is 8.80. The minimum absolute atomic E-state index is 0.275. The molecule has 0 N–H and O–H groups in total. The van der Waals surface area contributed by atoms with Crippen LogP contribution in [0.15, 0.2) is 35.2 Å². The largest absolute Gasteiger partial charge is 0.455 e. The number of rotatable bonds is 5. The lowest BCUT2D eigenvalue weighted by molar-refractivity contribution is -0.190. The lowest BCUT2D eigenvalue weighted by atomic mass is 9.81. The number of amides is 1. The van der Waals surface area contributed by atoms with Gasteiger partial charge in [0.05, 0.1) is 5.25 Å². The van der Waals surface area contributed by atoms with E-state index in [9.17, 15) is 9.59 Å². The van der Waals surface area contributed by atoms with Crippen LogP contribution in [0.5, 0.6) is 0 Å².